The SMILES string of the molecule is O=CCCN1CCC(c2ccccc2)C1. The van der Waals surface area contributed by atoms with E-state index in [2.05, 4.69) is 35.2 Å². The van der Waals surface area contributed by atoms with Crippen LogP contribution in [0.4, 0.5) is 0 Å². The van der Waals surface area contributed by atoms with Gasteiger partial charge in [-0.1, -0.05) is 30.3 Å². The van der Waals surface area contributed by atoms with Gasteiger partial charge < -0.3 is 9.69 Å². The molecule has 0 saturated carbocycles. The first kappa shape index (κ1) is 10.4. The summed E-state index contributed by atoms with van der Waals surface area (Å²) >= 11 is 0. The largest absolute Gasteiger partial charge is 0.303 e. The van der Waals surface area contributed by atoms with Gasteiger partial charge in [-0.15, -0.1) is 0 Å². The van der Waals surface area contributed by atoms with E-state index in [0.29, 0.717) is 12.3 Å². The molecule has 1 aromatic carbocycles. The Hall–Kier alpha value is -1.15. The van der Waals surface area contributed by atoms with Gasteiger partial charge >= 0.3 is 0 Å². The van der Waals surface area contributed by atoms with Gasteiger partial charge in [-0.05, 0) is 24.4 Å². The van der Waals surface area contributed by atoms with Gasteiger partial charge in [0, 0.05) is 19.5 Å². The first-order chi connectivity index (χ1) is 7.40. The predicted octanol–water partition coefficient (Wildman–Crippen LogP) is 2.06. The summed E-state index contributed by atoms with van der Waals surface area (Å²) in [6, 6.07) is 10.7. The van der Waals surface area contributed by atoms with E-state index in [1.54, 1.807) is 0 Å². The second kappa shape index (κ2) is 5.08. The summed E-state index contributed by atoms with van der Waals surface area (Å²) in [5.74, 6) is 0.665. The molecule has 0 amide bonds. The third-order valence-electron chi connectivity index (χ3n) is 3.11. The summed E-state index contributed by atoms with van der Waals surface area (Å²) in [7, 11) is 0. The highest BCUT2D eigenvalue weighted by Gasteiger charge is 2.22. The molecule has 1 fully saturated rings. The van der Waals surface area contributed by atoms with E-state index in [0.717, 1.165) is 25.9 Å². The van der Waals surface area contributed by atoms with Crippen LogP contribution in [0.5, 0.6) is 0 Å². The molecule has 1 aromatic rings. The molecule has 0 N–H and O–H groups in total. The van der Waals surface area contributed by atoms with Crippen molar-refractivity contribution in [2.75, 3.05) is 19.6 Å². The number of benzene rings is 1. The molecular formula is C13H17NO. The molecule has 80 valence electrons. The van der Waals surface area contributed by atoms with Crippen LogP contribution in [0.3, 0.4) is 0 Å². The number of hydrogen-bond donors (Lipinski definition) is 0. The highest BCUT2D eigenvalue weighted by Crippen LogP contribution is 2.26. The first-order valence-corrected chi connectivity index (χ1v) is 5.61. The fourth-order valence-electron chi connectivity index (χ4n) is 2.27. The van der Waals surface area contributed by atoms with Crippen molar-refractivity contribution in [1.82, 2.24) is 4.90 Å². The molecule has 15 heavy (non-hydrogen) atoms. The molecule has 0 aliphatic carbocycles. The van der Waals surface area contributed by atoms with E-state index >= 15 is 0 Å². The maximum atomic E-state index is 10.3. The van der Waals surface area contributed by atoms with Gasteiger partial charge in [0.05, 0.1) is 0 Å². The molecule has 0 aromatic heterocycles. The Balaban J connectivity index is 1.90. The van der Waals surface area contributed by atoms with Crippen LogP contribution in [-0.4, -0.2) is 30.8 Å². The molecule has 2 rings (SSSR count). The molecule has 1 unspecified atom stereocenters. The van der Waals surface area contributed by atoms with E-state index in [1.807, 2.05) is 0 Å². The lowest BCUT2D eigenvalue weighted by molar-refractivity contribution is -0.108. The Labute approximate surface area is 90.9 Å². The van der Waals surface area contributed by atoms with Crippen LogP contribution in [0.2, 0.25) is 0 Å². The van der Waals surface area contributed by atoms with Gasteiger partial charge in [0.2, 0.25) is 0 Å². The quantitative estimate of drug-likeness (QED) is 0.698. The fraction of sp³-hybridized carbons (Fsp3) is 0.462. The summed E-state index contributed by atoms with van der Waals surface area (Å²) in [5, 5.41) is 0. The van der Waals surface area contributed by atoms with Crippen LogP contribution in [0, 0.1) is 0 Å². The summed E-state index contributed by atoms with van der Waals surface area (Å²) < 4.78 is 0. The van der Waals surface area contributed by atoms with E-state index in [4.69, 9.17) is 0 Å². The zero-order valence-electron chi connectivity index (χ0n) is 8.93. The van der Waals surface area contributed by atoms with Crippen molar-refractivity contribution in [2.45, 2.75) is 18.8 Å². The van der Waals surface area contributed by atoms with Crippen LogP contribution in [0.15, 0.2) is 30.3 Å². The van der Waals surface area contributed by atoms with Crippen LogP contribution < -0.4 is 0 Å². The van der Waals surface area contributed by atoms with Gasteiger partial charge in [-0.3, -0.25) is 0 Å². The van der Waals surface area contributed by atoms with Crippen LogP contribution in [0.1, 0.15) is 24.3 Å². The topological polar surface area (TPSA) is 20.3 Å². The first-order valence-electron chi connectivity index (χ1n) is 5.61. The number of likely N-dealkylation sites (tertiary alicyclic amines) is 1. The van der Waals surface area contributed by atoms with Crippen LogP contribution in [-0.2, 0) is 4.79 Å². The minimum absolute atomic E-state index is 0.665. The Bertz CT molecular complexity index is 310. The monoisotopic (exact) mass is 203 g/mol. The number of nitrogens with zero attached hydrogens (tertiary/aromatic N) is 1. The molecule has 1 aliphatic heterocycles. The average Bonchev–Trinajstić information content (AvgIpc) is 2.76. The Morgan fingerprint density at radius 1 is 1.33 bits per heavy atom. The number of carbonyl (C=O) groups excluding carboxylic acids is 1. The molecule has 1 saturated heterocycles. The highest BCUT2D eigenvalue weighted by atomic mass is 16.1. The predicted molar refractivity (Wildman–Crippen MR) is 60.9 cm³/mol. The molecule has 2 heteroatoms. The lowest BCUT2D eigenvalue weighted by atomic mass is 9.99. The number of hydrogen-bond acceptors (Lipinski definition) is 2. The standard InChI is InChI=1S/C13H17NO/c15-10-4-8-14-9-7-13(11-14)12-5-2-1-3-6-12/h1-3,5-6,10,13H,4,7-9,11H2. The van der Waals surface area contributed by atoms with Crippen molar-refractivity contribution < 1.29 is 4.79 Å². The number of aldehydes is 1. The minimum atomic E-state index is 0.665. The molecule has 1 aliphatic rings. The second-order valence-corrected chi connectivity index (χ2v) is 4.15. The normalized spacial score (nSPS) is 21.7. The van der Waals surface area contributed by atoms with Gasteiger partial charge in [0.15, 0.2) is 0 Å². The van der Waals surface area contributed by atoms with Crippen molar-refractivity contribution in [3.8, 4) is 0 Å². The van der Waals surface area contributed by atoms with Crippen LogP contribution >= 0.6 is 0 Å². The van der Waals surface area contributed by atoms with E-state index in [1.165, 1.54) is 12.0 Å². The summed E-state index contributed by atoms with van der Waals surface area (Å²) in [6.07, 6.45) is 2.90. The average molecular weight is 203 g/mol. The lowest BCUT2D eigenvalue weighted by Gasteiger charge is -2.14. The molecule has 0 spiro atoms. The van der Waals surface area contributed by atoms with Crippen molar-refractivity contribution in [1.29, 1.82) is 0 Å². The summed E-state index contributed by atoms with van der Waals surface area (Å²) in [4.78, 5) is 12.7. The van der Waals surface area contributed by atoms with Crippen molar-refractivity contribution in [2.24, 2.45) is 0 Å². The van der Waals surface area contributed by atoms with E-state index in [-0.39, 0.29) is 0 Å². The van der Waals surface area contributed by atoms with Crippen molar-refractivity contribution in [3.63, 3.8) is 0 Å². The van der Waals surface area contributed by atoms with Gasteiger partial charge in [-0.2, -0.15) is 0 Å². The van der Waals surface area contributed by atoms with Crippen molar-refractivity contribution >= 4 is 6.29 Å². The summed E-state index contributed by atoms with van der Waals surface area (Å²) in [5.41, 5.74) is 1.44. The second-order valence-electron chi connectivity index (χ2n) is 4.15. The number of carbonyl (C=O) groups is 1. The maximum absolute atomic E-state index is 10.3. The Kier molecular flexibility index (Phi) is 3.51. The van der Waals surface area contributed by atoms with E-state index < -0.39 is 0 Å². The van der Waals surface area contributed by atoms with E-state index in [9.17, 15) is 4.79 Å². The molecule has 0 bridgehead atoms. The Morgan fingerprint density at radius 2 is 2.13 bits per heavy atom. The summed E-state index contributed by atoms with van der Waals surface area (Å²) in [6.45, 7) is 3.16. The lowest BCUT2D eigenvalue weighted by Crippen LogP contribution is -2.21. The van der Waals surface area contributed by atoms with Gasteiger partial charge in [0.25, 0.3) is 0 Å². The third-order valence-corrected chi connectivity index (χ3v) is 3.11. The van der Waals surface area contributed by atoms with Gasteiger partial charge in [-0.25, -0.2) is 0 Å². The molecule has 0 radical (unpaired) electrons. The smallest absolute Gasteiger partial charge is 0.121 e. The molecule has 1 heterocycles. The zero-order valence-corrected chi connectivity index (χ0v) is 8.93. The fourth-order valence-corrected chi connectivity index (χ4v) is 2.27. The maximum Gasteiger partial charge on any atom is 0.121 e. The molecular weight excluding hydrogens is 186 g/mol. The highest BCUT2D eigenvalue weighted by molar-refractivity contribution is 5.49. The number of rotatable bonds is 4. The molecule has 2 nitrogen and oxygen atoms in total. The zero-order chi connectivity index (χ0) is 10.5. The minimum Gasteiger partial charge on any atom is -0.303 e. The Morgan fingerprint density at radius 3 is 2.87 bits per heavy atom. The van der Waals surface area contributed by atoms with Gasteiger partial charge in [0.1, 0.15) is 6.29 Å². The third kappa shape index (κ3) is 2.66. The van der Waals surface area contributed by atoms with Crippen LogP contribution in [0.25, 0.3) is 0 Å². The molecule has 1 atom stereocenters. The van der Waals surface area contributed by atoms with Crippen molar-refractivity contribution in [3.05, 3.63) is 35.9 Å².